The number of hydrogen-bond donors (Lipinski definition) is 2. The van der Waals surface area contributed by atoms with Crippen LogP contribution in [0.1, 0.15) is 15.9 Å². The summed E-state index contributed by atoms with van der Waals surface area (Å²) >= 11 is 5.68. The highest BCUT2D eigenvalue weighted by Crippen LogP contribution is 2.22. The Morgan fingerprint density at radius 3 is 2.50 bits per heavy atom. The molecule has 0 bridgehead atoms. The molecule has 2 aromatic carbocycles. The van der Waals surface area contributed by atoms with Crippen molar-refractivity contribution in [3.63, 3.8) is 0 Å². The first kappa shape index (κ1) is 14.3. The van der Waals surface area contributed by atoms with Crippen LogP contribution in [0.4, 0.5) is 15.8 Å². The van der Waals surface area contributed by atoms with Gasteiger partial charge in [0.25, 0.3) is 5.91 Å². The molecule has 0 radical (unpaired) electrons. The Labute approximate surface area is 121 Å². The van der Waals surface area contributed by atoms with Gasteiger partial charge in [0.05, 0.1) is 11.3 Å². The van der Waals surface area contributed by atoms with Crippen molar-refractivity contribution in [2.24, 2.45) is 0 Å². The van der Waals surface area contributed by atoms with Gasteiger partial charge in [-0.15, -0.1) is 0 Å². The fourth-order valence-electron chi connectivity index (χ4n) is 1.84. The molecule has 2 aromatic rings. The molecule has 0 spiro atoms. The van der Waals surface area contributed by atoms with Crippen LogP contribution in [0.15, 0.2) is 36.4 Å². The quantitative estimate of drug-likeness (QED) is 0.895. The largest absolute Gasteiger partial charge is 0.387 e. The number of rotatable bonds is 3. The maximum absolute atomic E-state index is 13.7. The lowest BCUT2D eigenvalue weighted by Gasteiger charge is -2.11. The van der Waals surface area contributed by atoms with E-state index < -0.39 is 5.82 Å². The fraction of sp³-hybridized carbons (Fsp3) is 0.133. The first-order chi connectivity index (χ1) is 9.51. The van der Waals surface area contributed by atoms with Crippen LogP contribution in [0.2, 0.25) is 5.02 Å². The molecule has 104 valence electrons. The smallest absolute Gasteiger partial charge is 0.257 e. The average molecular weight is 293 g/mol. The van der Waals surface area contributed by atoms with Crippen LogP contribution in [-0.2, 0) is 0 Å². The van der Waals surface area contributed by atoms with E-state index in [4.69, 9.17) is 11.6 Å². The lowest BCUT2D eigenvalue weighted by Crippen LogP contribution is -2.15. The molecule has 0 aromatic heterocycles. The van der Waals surface area contributed by atoms with Crippen LogP contribution in [0.5, 0.6) is 0 Å². The summed E-state index contributed by atoms with van der Waals surface area (Å²) < 4.78 is 13.7. The van der Waals surface area contributed by atoms with Gasteiger partial charge < -0.3 is 10.6 Å². The van der Waals surface area contributed by atoms with E-state index in [0.29, 0.717) is 11.3 Å². The van der Waals surface area contributed by atoms with E-state index in [0.717, 1.165) is 11.6 Å². The van der Waals surface area contributed by atoms with Gasteiger partial charge in [0.1, 0.15) is 5.82 Å². The third kappa shape index (κ3) is 3.08. The minimum absolute atomic E-state index is 0.1000. The van der Waals surface area contributed by atoms with Gasteiger partial charge in [0, 0.05) is 17.8 Å². The molecular weight excluding hydrogens is 279 g/mol. The van der Waals surface area contributed by atoms with E-state index in [-0.39, 0.29) is 16.6 Å². The van der Waals surface area contributed by atoms with Gasteiger partial charge in [-0.05, 0) is 37.3 Å². The summed E-state index contributed by atoms with van der Waals surface area (Å²) in [6.07, 6.45) is 0. The van der Waals surface area contributed by atoms with Gasteiger partial charge in [0.15, 0.2) is 0 Å². The van der Waals surface area contributed by atoms with Crippen molar-refractivity contribution in [2.75, 3.05) is 17.7 Å². The first-order valence-electron chi connectivity index (χ1n) is 6.06. The highest BCUT2D eigenvalue weighted by molar-refractivity contribution is 6.30. The summed E-state index contributed by atoms with van der Waals surface area (Å²) in [6, 6.07) is 9.56. The van der Waals surface area contributed by atoms with E-state index >= 15 is 0 Å². The highest BCUT2D eigenvalue weighted by atomic mass is 35.5. The van der Waals surface area contributed by atoms with Crippen molar-refractivity contribution in [2.45, 2.75) is 6.92 Å². The predicted octanol–water partition coefficient (Wildman–Crippen LogP) is 4.08. The number of anilines is 2. The van der Waals surface area contributed by atoms with Gasteiger partial charge in [-0.25, -0.2) is 4.39 Å². The Bertz CT molecular complexity index is 658. The van der Waals surface area contributed by atoms with Gasteiger partial charge in [-0.2, -0.15) is 0 Å². The number of carbonyl (C=O) groups is 1. The molecule has 20 heavy (non-hydrogen) atoms. The van der Waals surface area contributed by atoms with Crippen LogP contribution < -0.4 is 10.6 Å². The Kier molecular flexibility index (Phi) is 4.25. The van der Waals surface area contributed by atoms with E-state index in [1.165, 1.54) is 12.1 Å². The molecule has 3 nitrogen and oxygen atoms in total. The van der Waals surface area contributed by atoms with Crippen molar-refractivity contribution in [1.82, 2.24) is 0 Å². The summed E-state index contributed by atoms with van der Waals surface area (Å²) in [5.74, 6) is -0.941. The second-order valence-electron chi connectivity index (χ2n) is 4.38. The van der Waals surface area contributed by atoms with Gasteiger partial charge >= 0.3 is 0 Å². The Hall–Kier alpha value is -2.07. The standard InChI is InChI=1S/C15H14ClFN2O/c1-9-3-5-13(18-2)11(7-9)15(20)19-14-6-4-10(16)8-12(14)17/h3-8,18H,1-2H3,(H,19,20). The molecule has 0 aliphatic heterocycles. The van der Waals surface area contributed by atoms with E-state index in [9.17, 15) is 9.18 Å². The number of aryl methyl sites for hydroxylation is 1. The third-order valence-corrected chi connectivity index (χ3v) is 3.10. The summed E-state index contributed by atoms with van der Waals surface area (Å²) in [4.78, 5) is 12.2. The van der Waals surface area contributed by atoms with Gasteiger partial charge in [-0.1, -0.05) is 23.2 Å². The van der Waals surface area contributed by atoms with Gasteiger partial charge in [-0.3, -0.25) is 4.79 Å². The lowest BCUT2D eigenvalue weighted by molar-refractivity contribution is 0.102. The molecule has 0 heterocycles. The predicted molar refractivity (Wildman–Crippen MR) is 80.1 cm³/mol. The molecule has 2 rings (SSSR count). The summed E-state index contributed by atoms with van der Waals surface area (Å²) in [5, 5.41) is 5.76. The van der Waals surface area contributed by atoms with Crippen molar-refractivity contribution in [3.8, 4) is 0 Å². The van der Waals surface area contributed by atoms with Crippen LogP contribution in [-0.4, -0.2) is 13.0 Å². The van der Waals surface area contributed by atoms with Crippen molar-refractivity contribution >= 4 is 28.9 Å². The van der Waals surface area contributed by atoms with E-state index in [2.05, 4.69) is 10.6 Å². The Morgan fingerprint density at radius 1 is 1.15 bits per heavy atom. The zero-order valence-electron chi connectivity index (χ0n) is 11.1. The topological polar surface area (TPSA) is 41.1 Å². The summed E-state index contributed by atoms with van der Waals surface area (Å²) in [6.45, 7) is 1.89. The number of carbonyl (C=O) groups excluding carboxylic acids is 1. The molecular formula is C15H14ClFN2O. The van der Waals surface area contributed by atoms with Crippen LogP contribution in [0.25, 0.3) is 0 Å². The molecule has 0 saturated heterocycles. The zero-order chi connectivity index (χ0) is 14.7. The molecule has 0 aliphatic rings. The second kappa shape index (κ2) is 5.92. The van der Waals surface area contributed by atoms with Crippen molar-refractivity contribution in [3.05, 3.63) is 58.4 Å². The minimum Gasteiger partial charge on any atom is -0.387 e. The first-order valence-corrected chi connectivity index (χ1v) is 6.44. The molecule has 0 saturated carbocycles. The van der Waals surface area contributed by atoms with Crippen LogP contribution in [0.3, 0.4) is 0 Å². The second-order valence-corrected chi connectivity index (χ2v) is 4.81. The maximum Gasteiger partial charge on any atom is 0.257 e. The molecule has 2 N–H and O–H groups in total. The van der Waals surface area contributed by atoms with E-state index in [1.54, 1.807) is 13.1 Å². The summed E-state index contributed by atoms with van der Waals surface area (Å²) in [7, 11) is 1.73. The Balaban J connectivity index is 2.30. The number of halogens is 2. The zero-order valence-corrected chi connectivity index (χ0v) is 11.9. The molecule has 0 unspecified atom stereocenters. The highest BCUT2D eigenvalue weighted by Gasteiger charge is 2.13. The number of amides is 1. The maximum atomic E-state index is 13.7. The number of nitrogens with one attached hydrogen (secondary N) is 2. The third-order valence-electron chi connectivity index (χ3n) is 2.87. The lowest BCUT2D eigenvalue weighted by atomic mass is 10.1. The van der Waals surface area contributed by atoms with Crippen molar-refractivity contribution in [1.29, 1.82) is 0 Å². The average Bonchev–Trinajstić information content (AvgIpc) is 2.41. The minimum atomic E-state index is -0.565. The monoisotopic (exact) mass is 292 g/mol. The molecule has 1 amide bonds. The van der Waals surface area contributed by atoms with Crippen LogP contribution in [0, 0.1) is 12.7 Å². The molecule has 0 atom stereocenters. The molecule has 0 aliphatic carbocycles. The summed E-state index contributed by atoms with van der Waals surface area (Å²) in [5.41, 5.74) is 2.19. The molecule has 0 fully saturated rings. The van der Waals surface area contributed by atoms with E-state index in [1.807, 2.05) is 19.1 Å². The van der Waals surface area contributed by atoms with Crippen molar-refractivity contribution < 1.29 is 9.18 Å². The Morgan fingerprint density at radius 2 is 1.85 bits per heavy atom. The van der Waals surface area contributed by atoms with Crippen LogP contribution >= 0.6 is 11.6 Å². The molecule has 5 heteroatoms. The SMILES string of the molecule is CNc1ccc(C)cc1C(=O)Nc1ccc(Cl)cc1F. The number of benzene rings is 2. The fourth-order valence-corrected chi connectivity index (χ4v) is 2.00. The normalized spacial score (nSPS) is 10.2. The number of hydrogen-bond acceptors (Lipinski definition) is 2. The van der Waals surface area contributed by atoms with Gasteiger partial charge in [0.2, 0.25) is 0 Å².